The maximum atomic E-state index is 9.08. The van der Waals surface area contributed by atoms with Crippen LogP contribution in [0.3, 0.4) is 0 Å². The predicted molar refractivity (Wildman–Crippen MR) is 60.6 cm³/mol. The van der Waals surface area contributed by atoms with Crippen LogP contribution in [0.2, 0.25) is 0 Å². The highest BCUT2D eigenvalue weighted by Crippen LogP contribution is 2.04. The van der Waals surface area contributed by atoms with Gasteiger partial charge in [-0.3, -0.25) is 4.68 Å². The van der Waals surface area contributed by atoms with Crippen LogP contribution in [0.5, 0.6) is 0 Å². The highest BCUT2D eigenvalue weighted by atomic mass is 16.3. The Morgan fingerprint density at radius 2 is 2.33 bits per heavy atom. The van der Waals surface area contributed by atoms with Crippen molar-refractivity contribution in [3.05, 3.63) is 17.5 Å². The molecule has 0 aliphatic rings. The van der Waals surface area contributed by atoms with Gasteiger partial charge >= 0.3 is 0 Å². The normalized spacial score (nSPS) is 13.1. The molecular formula is C11H21N3O. The molecule has 1 unspecified atom stereocenters. The van der Waals surface area contributed by atoms with Crippen molar-refractivity contribution in [2.45, 2.75) is 39.3 Å². The zero-order valence-electron chi connectivity index (χ0n) is 9.82. The number of aliphatic hydroxyl groups is 1. The van der Waals surface area contributed by atoms with E-state index in [-0.39, 0.29) is 6.10 Å². The molecule has 15 heavy (non-hydrogen) atoms. The van der Waals surface area contributed by atoms with Gasteiger partial charge in [0.1, 0.15) is 0 Å². The van der Waals surface area contributed by atoms with Gasteiger partial charge in [0.2, 0.25) is 0 Å². The summed E-state index contributed by atoms with van der Waals surface area (Å²) in [6.07, 6.45) is 3.58. The van der Waals surface area contributed by atoms with Crippen molar-refractivity contribution >= 4 is 0 Å². The van der Waals surface area contributed by atoms with Crippen molar-refractivity contribution in [1.82, 2.24) is 15.1 Å². The fourth-order valence-electron chi connectivity index (χ4n) is 1.46. The number of nitrogens with zero attached hydrogens (tertiary/aromatic N) is 2. The average Bonchev–Trinajstić information content (AvgIpc) is 2.48. The van der Waals surface area contributed by atoms with Gasteiger partial charge in [-0.1, -0.05) is 0 Å². The molecule has 2 N–H and O–H groups in total. The summed E-state index contributed by atoms with van der Waals surface area (Å²) in [6, 6.07) is 0. The summed E-state index contributed by atoms with van der Waals surface area (Å²) in [5.74, 6) is 0. The Morgan fingerprint density at radius 1 is 1.60 bits per heavy atom. The van der Waals surface area contributed by atoms with Crippen LogP contribution in [0.4, 0.5) is 0 Å². The first-order chi connectivity index (χ1) is 7.11. The smallest absolute Gasteiger partial charge is 0.0537 e. The summed E-state index contributed by atoms with van der Waals surface area (Å²) in [5, 5.41) is 16.6. The molecule has 0 spiro atoms. The second kappa shape index (κ2) is 5.88. The van der Waals surface area contributed by atoms with E-state index < -0.39 is 0 Å². The van der Waals surface area contributed by atoms with Crippen molar-refractivity contribution < 1.29 is 5.11 Å². The van der Waals surface area contributed by atoms with Crippen molar-refractivity contribution in [3.63, 3.8) is 0 Å². The van der Waals surface area contributed by atoms with Gasteiger partial charge in [-0.2, -0.15) is 5.10 Å². The Kier molecular flexibility index (Phi) is 4.78. The van der Waals surface area contributed by atoms with Gasteiger partial charge in [0.15, 0.2) is 0 Å². The molecule has 0 saturated heterocycles. The van der Waals surface area contributed by atoms with Crippen LogP contribution in [-0.4, -0.2) is 27.5 Å². The quantitative estimate of drug-likeness (QED) is 0.690. The molecule has 1 aromatic rings. The second-order valence-electron chi connectivity index (χ2n) is 4.05. The number of aromatic nitrogens is 2. The first-order valence-electron chi connectivity index (χ1n) is 5.47. The topological polar surface area (TPSA) is 50.1 Å². The molecule has 86 valence electrons. The third-order valence-electron chi connectivity index (χ3n) is 2.63. The van der Waals surface area contributed by atoms with Gasteiger partial charge in [0.25, 0.3) is 0 Å². The minimum Gasteiger partial charge on any atom is -0.393 e. The first kappa shape index (κ1) is 12.2. The van der Waals surface area contributed by atoms with E-state index in [1.165, 1.54) is 11.3 Å². The molecule has 0 bridgehead atoms. The summed E-state index contributed by atoms with van der Waals surface area (Å²) in [5.41, 5.74) is 2.45. The number of rotatable bonds is 6. The molecule has 0 aromatic carbocycles. The third kappa shape index (κ3) is 4.01. The van der Waals surface area contributed by atoms with E-state index in [9.17, 15) is 0 Å². The molecule has 1 heterocycles. The maximum Gasteiger partial charge on any atom is 0.0537 e. The molecular weight excluding hydrogens is 190 g/mol. The summed E-state index contributed by atoms with van der Waals surface area (Å²) in [4.78, 5) is 0. The zero-order chi connectivity index (χ0) is 11.3. The van der Waals surface area contributed by atoms with Crippen LogP contribution < -0.4 is 5.32 Å². The third-order valence-corrected chi connectivity index (χ3v) is 2.63. The van der Waals surface area contributed by atoms with Gasteiger partial charge < -0.3 is 10.4 Å². The van der Waals surface area contributed by atoms with Crippen molar-refractivity contribution in [2.75, 3.05) is 6.54 Å². The van der Waals surface area contributed by atoms with E-state index in [0.717, 1.165) is 25.9 Å². The standard InChI is InChI=1S/C11H21N3O/c1-9(15)5-4-6-12-7-11-8-13-14(3)10(11)2/h8-9,12,15H,4-7H2,1-3H3. The Labute approximate surface area is 91.3 Å². The Hall–Kier alpha value is -0.870. The number of hydrogen-bond donors (Lipinski definition) is 2. The summed E-state index contributed by atoms with van der Waals surface area (Å²) in [7, 11) is 1.95. The molecule has 0 aliphatic carbocycles. The van der Waals surface area contributed by atoms with Crippen LogP contribution >= 0.6 is 0 Å². The molecule has 1 aromatic heterocycles. The van der Waals surface area contributed by atoms with Gasteiger partial charge in [-0.05, 0) is 33.2 Å². The van der Waals surface area contributed by atoms with Crippen LogP contribution in [0.15, 0.2) is 6.20 Å². The van der Waals surface area contributed by atoms with Crippen LogP contribution in [0.25, 0.3) is 0 Å². The van der Waals surface area contributed by atoms with Crippen molar-refractivity contribution in [2.24, 2.45) is 7.05 Å². The SMILES string of the molecule is Cc1c(CNCCCC(C)O)cnn1C. The Balaban J connectivity index is 2.18. The molecule has 4 nitrogen and oxygen atoms in total. The number of nitrogens with one attached hydrogen (secondary N) is 1. The lowest BCUT2D eigenvalue weighted by Crippen LogP contribution is -2.16. The van der Waals surface area contributed by atoms with E-state index in [1.54, 1.807) is 0 Å². The molecule has 0 radical (unpaired) electrons. The molecule has 0 saturated carbocycles. The minimum atomic E-state index is -0.188. The lowest BCUT2D eigenvalue weighted by Gasteiger charge is -2.05. The van der Waals surface area contributed by atoms with E-state index >= 15 is 0 Å². The average molecular weight is 211 g/mol. The second-order valence-corrected chi connectivity index (χ2v) is 4.05. The van der Waals surface area contributed by atoms with Crippen molar-refractivity contribution in [3.8, 4) is 0 Å². The minimum absolute atomic E-state index is 0.188. The molecule has 0 amide bonds. The molecule has 4 heteroatoms. The number of aryl methyl sites for hydroxylation is 1. The summed E-state index contributed by atoms with van der Waals surface area (Å²) >= 11 is 0. The summed E-state index contributed by atoms with van der Waals surface area (Å²) < 4.78 is 1.88. The number of aliphatic hydroxyl groups excluding tert-OH is 1. The van der Waals surface area contributed by atoms with E-state index in [0.29, 0.717) is 0 Å². The van der Waals surface area contributed by atoms with Crippen molar-refractivity contribution in [1.29, 1.82) is 0 Å². The molecule has 0 fully saturated rings. The highest BCUT2D eigenvalue weighted by Gasteiger charge is 2.02. The zero-order valence-corrected chi connectivity index (χ0v) is 9.82. The van der Waals surface area contributed by atoms with Crippen LogP contribution in [0, 0.1) is 6.92 Å². The van der Waals surface area contributed by atoms with E-state index in [2.05, 4.69) is 17.3 Å². The predicted octanol–water partition coefficient (Wildman–Crippen LogP) is 0.979. The van der Waals surface area contributed by atoms with Gasteiger partial charge in [-0.25, -0.2) is 0 Å². The van der Waals surface area contributed by atoms with Crippen LogP contribution in [-0.2, 0) is 13.6 Å². The summed E-state index contributed by atoms with van der Waals surface area (Å²) in [6.45, 7) is 5.70. The fourth-order valence-corrected chi connectivity index (χ4v) is 1.46. The fraction of sp³-hybridized carbons (Fsp3) is 0.727. The maximum absolute atomic E-state index is 9.08. The lowest BCUT2D eigenvalue weighted by molar-refractivity contribution is 0.181. The monoisotopic (exact) mass is 211 g/mol. The first-order valence-corrected chi connectivity index (χ1v) is 5.47. The molecule has 0 aliphatic heterocycles. The number of hydrogen-bond acceptors (Lipinski definition) is 3. The Morgan fingerprint density at radius 3 is 2.87 bits per heavy atom. The van der Waals surface area contributed by atoms with E-state index in [4.69, 9.17) is 5.11 Å². The molecule has 1 rings (SSSR count). The molecule has 1 atom stereocenters. The van der Waals surface area contributed by atoms with Crippen LogP contribution in [0.1, 0.15) is 31.0 Å². The van der Waals surface area contributed by atoms with Gasteiger partial charge in [-0.15, -0.1) is 0 Å². The highest BCUT2D eigenvalue weighted by molar-refractivity contribution is 5.15. The van der Waals surface area contributed by atoms with E-state index in [1.807, 2.05) is 24.9 Å². The largest absolute Gasteiger partial charge is 0.393 e. The lowest BCUT2D eigenvalue weighted by atomic mass is 10.2. The van der Waals surface area contributed by atoms with Gasteiger partial charge in [0, 0.05) is 24.8 Å². The Bertz CT molecular complexity index is 294. The van der Waals surface area contributed by atoms with Gasteiger partial charge in [0.05, 0.1) is 12.3 Å².